The van der Waals surface area contributed by atoms with Gasteiger partial charge in [-0.15, -0.1) is 5.10 Å². The Balaban J connectivity index is 2.70. The Labute approximate surface area is 86.7 Å². The van der Waals surface area contributed by atoms with Gasteiger partial charge in [0.25, 0.3) is 0 Å². The van der Waals surface area contributed by atoms with Crippen LogP contribution in [-0.2, 0) is 4.79 Å². The van der Waals surface area contributed by atoms with Gasteiger partial charge in [-0.05, 0) is 18.1 Å². The van der Waals surface area contributed by atoms with Crippen LogP contribution < -0.4 is 0 Å². The van der Waals surface area contributed by atoms with E-state index in [4.69, 9.17) is 5.11 Å². The summed E-state index contributed by atoms with van der Waals surface area (Å²) in [5, 5.41) is 16.6. The average molecular weight is 212 g/mol. The summed E-state index contributed by atoms with van der Waals surface area (Å²) < 4.78 is 0. The molecule has 0 aliphatic carbocycles. The molecule has 0 saturated carbocycles. The predicted octanol–water partition coefficient (Wildman–Crippen LogP) is 1.68. The number of rotatable bonds is 4. The molecule has 1 unspecified atom stereocenters. The molecule has 1 heterocycles. The molecule has 76 valence electrons. The summed E-state index contributed by atoms with van der Waals surface area (Å²) in [5.41, 5.74) is 0. The number of thioether (sulfide) groups is 1. The van der Waals surface area contributed by atoms with Crippen molar-refractivity contribution in [2.24, 2.45) is 5.92 Å². The third-order valence-electron chi connectivity index (χ3n) is 1.64. The number of carbonyl (C=O) groups is 1. The summed E-state index contributed by atoms with van der Waals surface area (Å²) in [6.07, 6.45) is 1.56. The molecule has 0 saturated heterocycles. The molecule has 5 heteroatoms. The Morgan fingerprint density at radius 2 is 2.29 bits per heavy atom. The monoisotopic (exact) mass is 212 g/mol. The molecule has 1 N–H and O–H groups in total. The van der Waals surface area contributed by atoms with Gasteiger partial charge >= 0.3 is 5.97 Å². The molecule has 0 fully saturated rings. The van der Waals surface area contributed by atoms with E-state index in [0.717, 1.165) is 0 Å². The lowest BCUT2D eigenvalue weighted by molar-refractivity contribution is -0.137. The highest BCUT2D eigenvalue weighted by Gasteiger charge is 2.23. The van der Waals surface area contributed by atoms with Crippen LogP contribution in [0.3, 0.4) is 0 Å². The molecule has 0 aromatic carbocycles. The molecule has 0 radical (unpaired) electrons. The van der Waals surface area contributed by atoms with Crippen molar-refractivity contribution in [2.75, 3.05) is 0 Å². The van der Waals surface area contributed by atoms with Crippen molar-refractivity contribution >= 4 is 17.7 Å². The highest BCUT2D eigenvalue weighted by molar-refractivity contribution is 8.00. The first-order valence-corrected chi connectivity index (χ1v) is 5.16. The zero-order chi connectivity index (χ0) is 10.6. The van der Waals surface area contributed by atoms with Gasteiger partial charge in [-0.2, -0.15) is 5.10 Å². The fourth-order valence-corrected chi connectivity index (χ4v) is 1.84. The highest BCUT2D eigenvalue weighted by Crippen LogP contribution is 2.25. The van der Waals surface area contributed by atoms with E-state index in [9.17, 15) is 4.79 Å². The molecule has 1 aromatic heterocycles. The number of carboxylic acids is 1. The minimum atomic E-state index is -0.810. The molecule has 0 aliphatic heterocycles. The lowest BCUT2D eigenvalue weighted by Crippen LogP contribution is -2.22. The van der Waals surface area contributed by atoms with Crippen LogP contribution in [0.2, 0.25) is 0 Å². The maximum Gasteiger partial charge on any atom is 0.317 e. The molecule has 14 heavy (non-hydrogen) atoms. The summed E-state index contributed by atoms with van der Waals surface area (Å²) in [6, 6.07) is 3.50. The van der Waals surface area contributed by atoms with E-state index in [-0.39, 0.29) is 5.92 Å². The SMILES string of the molecule is CC(C)C(Sc1cccnn1)C(=O)O. The Morgan fingerprint density at radius 1 is 1.57 bits per heavy atom. The Hall–Kier alpha value is -1.10. The molecule has 1 aromatic rings. The van der Waals surface area contributed by atoms with Gasteiger partial charge in [0.15, 0.2) is 0 Å². The van der Waals surface area contributed by atoms with Gasteiger partial charge in [0.2, 0.25) is 0 Å². The van der Waals surface area contributed by atoms with Gasteiger partial charge < -0.3 is 5.11 Å². The van der Waals surface area contributed by atoms with Crippen LogP contribution in [0, 0.1) is 5.92 Å². The van der Waals surface area contributed by atoms with Crippen molar-refractivity contribution in [1.82, 2.24) is 10.2 Å². The van der Waals surface area contributed by atoms with E-state index in [0.29, 0.717) is 5.03 Å². The quantitative estimate of drug-likeness (QED) is 0.769. The second-order valence-corrected chi connectivity index (χ2v) is 4.34. The summed E-state index contributed by atoms with van der Waals surface area (Å²) in [7, 11) is 0. The largest absolute Gasteiger partial charge is 0.480 e. The standard InChI is InChI=1S/C9H12N2O2S/c1-6(2)8(9(12)13)14-7-4-3-5-10-11-7/h3-6,8H,1-2H3,(H,12,13). The topological polar surface area (TPSA) is 63.1 Å². The predicted molar refractivity (Wildman–Crippen MR) is 54.2 cm³/mol. The number of hydrogen-bond donors (Lipinski definition) is 1. The van der Waals surface area contributed by atoms with Gasteiger partial charge in [-0.25, -0.2) is 0 Å². The van der Waals surface area contributed by atoms with E-state index in [1.165, 1.54) is 11.8 Å². The fraction of sp³-hybridized carbons (Fsp3) is 0.444. The average Bonchev–Trinajstić information content (AvgIpc) is 2.15. The second-order valence-electron chi connectivity index (χ2n) is 3.18. The molecule has 0 aliphatic rings. The zero-order valence-corrected chi connectivity index (χ0v) is 8.86. The first-order chi connectivity index (χ1) is 6.61. The summed E-state index contributed by atoms with van der Waals surface area (Å²) >= 11 is 1.23. The van der Waals surface area contributed by atoms with Gasteiger partial charge in [0, 0.05) is 6.20 Å². The molecule has 1 rings (SSSR count). The zero-order valence-electron chi connectivity index (χ0n) is 8.04. The number of aliphatic carboxylic acids is 1. The normalized spacial score (nSPS) is 12.8. The molecular formula is C9H12N2O2S. The maximum absolute atomic E-state index is 10.9. The Morgan fingerprint density at radius 3 is 2.71 bits per heavy atom. The lowest BCUT2D eigenvalue weighted by atomic mass is 10.1. The second kappa shape index (κ2) is 4.95. The molecule has 0 bridgehead atoms. The minimum absolute atomic E-state index is 0.0690. The van der Waals surface area contributed by atoms with Crippen LogP contribution in [0.15, 0.2) is 23.4 Å². The first-order valence-electron chi connectivity index (χ1n) is 4.28. The first kappa shape index (κ1) is 11.0. The number of hydrogen-bond acceptors (Lipinski definition) is 4. The highest BCUT2D eigenvalue weighted by atomic mass is 32.2. The van der Waals surface area contributed by atoms with E-state index >= 15 is 0 Å². The summed E-state index contributed by atoms with van der Waals surface area (Å²) in [6.45, 7) is 3.75. The molecular weight excluding hydrogens is 200 g/mol. The Bertz CT molecular complexity index is 303. The third-order valence-corrected chi connectivity index (χ3v) is 3.10. The van der Waals surface area contributed by atoms with Gasteiger partial charge in [-0.3, -0.25) is 4.79 Å². The summed E-state index contributed by atoms with van der Waals surface area (Å²) in [5.74, 6) is -0.741. The molecule has 0 amide bonds. The van der Waals surface area contributed by atoms with E-state index < -0.39 is 11.2 Å². The van der Waals surface area contributed by atoms with Crippen LogP contribution in [0.25, 0.3) is 0 Å². The van der Waals surface area contributed by atoms with Crippen molar-refractivity contribution in [3.8, 4) is 0 Å². The molecule has 0 spiro atoms. The van der Waals surface area contributed by atoms with Crippen molar-refractivity contribution < 1.29 is 9.90 Å². The van der Waals surface area contributed by atoms with Crippen LogP contribution in [0.1, 0.15) is 13.8 Å². The van der Waals surface area contributed by atoms with Gasteiger partial charge in [0.05, 0.1) is 0 Å². The lowest BCUT2D eigenvalue weighted by Gasteiger charge is -2.14. The fourth-order valence-electron chi connectivity index (χ4n) is 0.952. The van der Waals surface area contributed by atoms with Crippen molar-refractivity contribution in [1.29, 1.82) is 0 Å². The van der Waals surface area contributed by atoms with Crippen molar-refractivity contribution in [3.05, 3.63) is 18.3 Å². The van der Waals surface area contributed by atoms with E-state index in [1.54, 1.807) is 18.3 Å². The number of aromatic nitrogens is 2. The smallest absolute Gasteiger partial charge is 0.317 e. The van der Waals surface area contributed by atoms with Crippen LogP contribution in [0.5, 0.6) is 0 Å². The van der Waals surface area contributed by atoms with Crippen LogP contribution in [0.4, 0.5) is 0 Å². The number of carboxylic acid groups (broad SMARTS) is 1. The Kier molecular flexibility index (Phi) is 3.88. The van der Waals surface area contributed by atoms with E-state index in [1.807, 2.05) is 13.8 Å². The molecule has 1 atom stereocenters. The number of nitrogens with zero attached hydrogens (tertiary/aromatic N) is 2. The minimum Gasteiger partial charge on any atom is -0.480 e. The van der Waals surface area contributed by atoms with Crippen molar-refractivity contribution in [3.63, 3.8) is 0 Å². The van der Waals surface area contributed by atoms with Gasteiger partial charge in [-0.1, -0.05) is 25.6 Å². The van der Waals surface area contributed by atoms with E-state index in [2.05, 4.69) is 10.2 Å². The summed E-state index contributed by atoms with van der Waals surface area (Å²) in [4.78, 5) is 10.9. The van der Waals surface area contributed by atoms with Crippen LogP contribution in [-0.4, -0.2) is 26.5 Å². The molecule has 4 nitrogen and oxygen atoms in total. The third kappa shape index (κ3) is 2.99. The maximum atomic E-state index is 10.9. The van der Waals surface area contributed by atoms with Gasteiger partial charge in [0.1, 0.15) is 10.3 Å². The van der Waals surface area contributed by atoms with Crippen LogP contribution >= 0.6 is 11.8 Å². The van der Waals surface area contributed by atoms with Crippen molar-refractivity contribution in [2.45, 2.75) is 24.1 Å².